The van der Waals surface area contributed by atoms with Gasteiger partial charge in [0.05, 0.1) is 12.2 Å². The number of hydrogen-bond acceptors (Lipinski definition) is 4. The van der Waals surface area contributed by atoms with Crippen LogP contribution in [0.25, 0.3) is 0 Å². The smallest absolute Gasteiger partial charge is 0.371 e. The van der Waals surface area contributed by atoms with Crippen molar-refractivity contribution in [1.82, 2.24) is 0 Å². The predicted molar refractivity (Wildman–Crippen MR) is 59.3 cm³/mol. The zero-order valence-corrected chi connectivity index (χ0v) is 9.88. The van der Waals surface area contributed by atoms with Crippen LogP contribution in [0.3, 0.4) is 0 Å². The van der Waals surface area contributed by atoms with Crippen molar-refractivity contribution >= 4 is 5.97 Å². The Kier molecular flexibility index (Phi) is 3.38. The van der Waals surface area contributed by atoms with Crippen LogP contribution in [0.2, 0.25) is 0 Å². The second-order valence-electron chi connectivity index (χ2n) is 4.39. The lowest BCUT2D eigenvalue weighted by atomic mass is 10.0. The Morgan fingerprint density at radius 1 is 1.35 bits per heavy atom. The fourth-order valence-electron chi connectivity index (χ4n) is 2.10. The molecule has 0 bridgehead atoms. The Bertz CT molecular complexity index is 387. The summed E-state index contributed by atoms with van der Waals surface area (Å²) in [7, 11) is 0. The first-order chi connectivity index (χ1) is 8.04. The Labute approximate surface area is 99.3 Å². The summed E-state index contributed by atoms with van der Waals surface area (Å²) in [4.78, 5) is 10.6. The van der Waals surface area contributed by atoms with Crippen molar-refractivity contribution in [2.24, 2.45) is 0 Å². The van der Waals surface area contributed by atoms with Crippen LogP contribution in [0.15, 0.2) is 16.5 Å². The molecule has 2 rings (SSSR count). The lowest BCUT2D eigenvalue weighted by Crippen LogP contribution is -2.35. The molecule has 0 saturated carbocycles. The third kappa shape index (κ3) is 3.00. The van der Waals surface area contributed by atoms with E-state index in [4.69, 9.17) is 19.0 Å². The molecule has 94 valence electrons. The molecule has 1 saturated heterocycles. The molecule has 2 atom stereocenters. The van der Waals surface area contributed by atoms with Gasteiger partial charge in [-0.05, 0) is 19.9 Å². The molecule has 0 amide bonds. The average molecular weight is 240 g/mol. The monoisotopic (exact) mass is 240 g/mol. The van der Waals surface area contributed by atoms with Gasteiger partial charge in [0.15, 0.2) is 0 Å². The van der Waals surface area contributed by atoms with E-state index in [0.29, 0.717) is 0 Å². The van der Waals surface area contributed by atoms with Crippen molar-refractivity contribution in [3.05, 3.63) is 17.9 Å². The number of hydrogen-bond donors (Lipinski definition) is 1. The van der Waals surface area contributed by atoms with Gasteiger partial charge in [0.2, 0.25) is 5.76 Å². The van der Waals surface area contributed by atoms with E-state index < -0.39 is 5.97 Å². The molecule has 2 heterocycles. The van der Waals surface area contributed by atoms with Gasteiger partial charge in [0.1, 0.15) is 6.10 Å². The summed E-state index contributed by atoms with van der Waals surface area (Å²) in [5.74, 6) is -0.935. The fraction of sp³-hybridized carbons (Fsp3) is 0.583. The molecular weight excluding hydrogens is 224 g/mol. The molecule has 5 heteroatoms. The van der Waals surface area contributed by atoms with Gasteiger partial charge in [-0.25, -0.2) is 4.79 Å². The molecule has 17 heavy (non-hydrogen) atoms. The summed E-state index contributed by atoms with van der Waals surface area (Å²) in [5.41, 5.74) is 0. The van der Waals surface area contributed by atoms with E-state index in [1.807, 2.05) is 13.8 Å². The lowest BCUT2D eigenvalue weighted by Gasteiger charge is -2.31. The summed E-state index contributed by atoms with van der Waals surface area (Å²) < 4.78 is 16.3. The Morgan fingerprint density at radius 2 is 2.00 bits per heavy atom. The van der Waals surface area contributed by atoms with E-state index in [1.165, 1.54) is 12.1 Å². The number of aromatic carboxylic acids is 1. The predicted octanol–water partition coefficient (Wildman–Crippen LogP) is 2.31. The van der Waals surface area contributed by atoms with Crippen LogP contribution in [0, 0.1) is 0 Å². The van der Waals surface area contributed by atoms with E-state index in [0.717, 1.165) is 12.8 Å². The van der Waals surface area contributed by atoms with Gasteiger partial charge < -0.3 is 19.0 Å². The van der Waals surface area contributed by atoms with Crippen LogP contribution in [0.5, 0.6) is 5.95 Å². The number of carboxylic acid groups (broad SMARTS) is 1. The minimum absolute atomic E-state index is 0.0153. The highest BCUT2D eigenvalue weighted by Crippen LogP contribution is 2.25. The normalized spacial score (nSPS) is 28.9. The number of rotatable bonds is 3. The molecule has 0 aromatic carbocycles. The Morgan fingerprint density at radius 3 is 2.53 bits per heavy atom. The molecule has 2 unspecified atom stereocenters. The highest BCUT2D eigenvalue weighted by Gasteiger charge is 2.26. The molecule has 0 aliphatic carbocycles. The quantitative estimate of drug-likeness (QED) is 0.878. The Hall–Kier alpha value is -1.49. The van der Waals surface area contributed by atoms with E-state index in [9.17, 15) is 4.79 Å². The van der Waals surface area contributed by atoms with E-state index >= 15 is 0 Å². The minimum Gasteiger partial charge on any atom is -0.475 e. The summed E-state index contributed by atoms with van der Waals surface area (Å²) in [6.07, 6.45) is 1.89. The van der Waals surface area contributed by atoms with Gasteiger partial charge in [0, 0.05) is 18.9 Å². The van der Waals surface area contributed by atoms with Crippen molar-refractivity contribution in [2.45, 2.75) is 45.0 Å². The second kappa shape index (κ2) is 4.79. The number of carbonyl (C=O) groups is 1. The SMILES string of the molecule is CC1CC(Oc2ccc(C(=O)O)o2)CC(C)O1. The molecular formula is C12H16O5. The van der Waals surface area contributed by atoms with Crippen molar-refractivity contribution in [1.29, 1.82) is 0 Å². The van der Waals surface area contributed by atoms with Crippen LogP contribution in [0.1, 0.15) is 37.2 Å². The van der Waals surface area contributed by atoms with E-state index in [-0.39, 0.29) is 30.0 Å². The number of carboxylic acids is 1. The minimum atomic E-state index is -1.09. The molecule has 1 fully saturated rings. The molecule has 1 N–H and O–H groups in total. The highest BCUT2D eigenvalue weighted by atomic mass is 16.6. The maximum atomic E-state index is 10.6. The summed E-state index contributed by atoms with van der Waals surface area (Å²) >= 11 is 0. The maximum Gasteiger partial charge on any atom is 0.371 e. The molecule has 0 spiro atoms. The van der Waals surface area contributed by atoms with Crippen LogP contribution in [-0.4, -0.2) is 29.4 Å². The van der Waals surface area contributed by atoms with Crippen LogP contribution >= 0.6 is 0 Å². The summed E-state index contributed by atoms with van der Waals surface area (Å²) in [6.45, 7) is 3.99. The molecule has 1 aromatic heterocycles. The first-order valence-corrected chi connectivity index (χ1v) is 5.70. The number of furan rings is 1. The van der Waals surface area contributed by atoms with E-state index in [1.54, 1.807) is 0 Å². The second-order valence-corrected chi connectivity index (χ2v) is 4.39. The first-order valence-electron chi connectivity index (χ1n) is 5.70. The zero-order chi connectivity index (χ0) is 12.4. The van der Waals surface area contributed by atoms with Gasteiger partial charge in [-0.1, -0.05) is 0 Å². The van der Waals surface area contributed by atoms with Gasteiger partial charge in [0.25, 0.3) is 5.95 Å². The van der Waals surface area contributed by atoms with Gasteiger partial charge in [-0.2, -0.15) is 0 Å². The topological polar surface area (TPSA) is 68.9 Å². The standard InChI is InChI=1S/C12H16O5/c1-7-5-9(6-8(2)15-7)16-11-4-3-10(17-11)12(13)14/h3-4,7-9H,5-6H2,1-2H3,(H,13,14). The lowest BCUT2D eigenvalue weighted by molar-refractivity contribution is -0.0762. The van der Waals surface area contributed by atoms with Crippen LogP contribution in [0.4, 0.5) is 0 Å². The van der Waals surface area contributed by atoms with Gasteiger partial charge in [-0.3, -0.25) is 0 Å². The summed E-state index contributed by atoms with van der Waals surface area (Å²) in [6, 6.07) is 2.93. The first kappa shape index (κ1) is 12.0. The van der Waals surface area contributed by atoms with Crippen LogP contribution < -0.4 is 4.74 Å². The third-order valence-electron chi connectivity index (χ3n) is 2.73. The maximum absolute atomic E-state index is 10.6. The van der Waals surface area contributed by atoms with Crippen molar-refractivity contribution < 1.29 is 23.8 Å². The highest BCUT2D eigenvalue weighted by molar-refractivity contribution is 5.84. The van der Waals surface area contributed by atoms with Crippen molar-refractivity contribution in [2.75, 3.05) is 0 Å². The molecule has 5 nitrogen and oxygen atoms in total. The van der Waals surface area contributed by atoms with Crippen LogP contribution in [-0.2, 0) is 4.74 Å². The molecule has 0 radical (unpaired) electrons. The number of ether oxygens (including phenoxy) is 2. The molecule has 1 aliphatic heterocycles. The van der Waals surface area contributed by atoms with Gasteiger partial charge in [-0.15, -0.1) is 0 Å². The van der Waals surface area contributed by atoms with Crippen molar-refractivity contribution in [3.8, 4) is 5.95 Å². The molecule has 1 aromatic rings. The Balaban J connectivity index is 1.97. The van der Waals surface area contributed by atoms with E-state index in [2.05, 4.69) is 0 Å². The largest absolute Gasteiger partial charge is 0.475 e. The zero-order valence-electron chi connectivity index (χ0n) is 9.88. The fourth-order valence-corrected chi connectivity index (χ4v) is 2.10. The average Bonchev–Trinajstić information content (AvgIpc) is 2.64. The van der Waals surface area contributed by atoms with Gasteiger partial charge >= 0.3 is 5.97 Å². The third-order valence-corrected chi connectivity index (χ3v) is 2.73. The van der Waals surface area contributed by atoms with Crippen molar-refractivity contribution in [3.63, 3.8) is 0 Å². The molecule has 1 aliphatic rings. The summed E-state index contributed by atoms with van der Waals surface area (Å²) in [5, 5.41) is 8.72.